The first-order valence-electron chi connectivity index (χ1n) is 3.95. The van der Waals surface area contributed by atoms with Gasteiger partial charge in [-0.15, -0.1) is 0 Å². The zero-order valence-electron chi connectivity index (χ0n) is 8.12. The van der Waals surface area contributed by atoms with Crippen molar-refractivity contribution < 1.29 is 14.3 Å². The number of hydrogen-bond acceptors (Lipinski definition) is 4. The van der Waals surface area contributed by atoms with E-state index < -0.39 is 0 Å². The summed E-state index contributed by atoms with van der Waals surface area (Å²) in [5.74, 6) is 0.0618. The number of esters is 1. The Morgan fingerprint density at radius 3 is 2.62 bits per heavy atom. The Morgan fingerprint density at radius 1 is 1.54 bits per heavy atom. The molecule has 0 heterocycles. The third-order valence-electron chi connectivity index (χ3n) is 1.38. The highest BCUT2D eigenvalue weighted by Gasteiger charge is 2.10. The Hall–Kier alpha value is -0.710. The SMILES string of the molecule is COC(=O)CC(C)NC(=O)CSC. The Kier molecular flexibility index (Phi) is 6.40. The highest BCUT2D eigenvalue weighted by Crippen LogP contribution is 1.95. The lowest BCUT2D eigenvalue weighted by atomic mass is 10.2. The highest BCUT2D eigenvalue weighted by molar-refractivity contribution is 7.99. The highest BCUT2D eigenvalue weighted by atomic mass is 32.2. The van der Waals surface area contributed by atoms with Crippen molar-refractivity contribution in [2.24, 2.45) is 0 Å². The van der Waals surface area contributed by atoms with Gasteiger partial charge in [0.2, 0.25) is 5.91 Å². The van der Waals surface area contributed by atoms with E-state index in [-0.39, 0.29) is 24.3 Å². The van der Waals surface area contributed by atoms with Gasteiger partial charge < -0.3 is 10.1 Å². The summed E-state index contributed by atoms with van der Waals surface area (Å²) in [6.45, 7) is 1.77. The van der Waals surface area contributed by atoms with Crippen LogP contribution < -0.4 is 5.32 Å². The second-order valence-electron chi connectivity index (χ2n) is 2.68. The standard InChI is InChI=1S/C8H15NO3S/c1-6(4-8(11)12-2)9-7(10)5-13-3/h6H,4-5H2,1-3H3,(H,9,10). The molecule has 0 aromatic carbocycles. The van der Waals surface area contributed by atoms with Crippen molar-refractivity contribution in [1.82, 2.24) is 5.32 Å². The molecule has 0 aliphatic heterocycles. The summed E-state index contributed by atoms with van der Waals surface area (Å²) in [5.41, 5.74) is 0. The molecule has 0 bridgehead atoms. The van der Waals surface area contributed by atoms with E-state index in [1.165, 1.54) is 18.9 Å². The fourth-order valence-corrected chi connectivity index (χ4v) is 1.18. The predicted octanol–water partition coefficient (Wildman–Crippen LogP) is 0.417. The largest absolute Gasteiger partial charge is 0.469 e. The van der Waals surface area contributed by atoms with Crippen molar-refractivity contribution in [1.29, 1.82) is 0 Å². The van der Waals surface area contributed by atoms with Crippen molar-refractivity contribution in [2.45, 2.75) is 19.4 Å². The Bertz CT molecular complexity index is 184. The van der Waals surface area contributed by atoms with Crippen LogP contribution in [0.4, 0.5) is 0 Å². The van der Waals surface area contributed by atoms with Gasteiger partial charge in [0, 0.05) is 6.04 Å². The van der Waals surface area contributed by atoms with Gasteiger partial charge in [-0.05, 0) is 13.2 Å². The Labute approximate surface area is 82.4 Å². The number of carbonyl (C=O) groups is 2. The summed E-state index contributed by atoms with van der Waals surface area (Å²) in [6, 6.07) is -0.160. The van der Waals surface area contributed by atoms with Crippen molar-refractivity contribution >= 4 is 23.6 Å². The molecule has 0 saturated carbocycles. The first-order chi connectivity index (χ1) is 6.10. The van der Waals surface area contributed by atoms with E-state index in [1.807, 2.05) is 6.26 Å². The van der Waals surface area contributed by atoms with E-state index in [1.54, 1.807) is 6.92 Å². The normalized spacial score (nSPS) is 11.9. The lowest BCUT2D eigenvalue weighted by Gasteiger charge is -2.11. The first-order valence-corrected chi connectivity index (χ1v) is 5.34. The van der Waals surface area contributed by atoms with Gasteiger partial charge in [0.25, 0.3) is 0 Å². The number of thioether (sulfide) groups is 1. The van der Waals surface area contributed by atoms with Gasteiger partial charge in [-0.3, -0.25) is 9.59 Å². The number of carbonyl (C=O) groups excluding carboxylic acids is 2. The van der Waals surface area contributed by atoms with E-state index in [9.17, 15) is 9.59 Å². The van der Waals surface area contributed by atoms with E-state index in [0.29, 0.717) is 5.75 Å². The molecule has 4 nitrogen and oxygen atoms in total. The zero-order valence-corrected chi connectivity index (χ0v) is 8.94. The van der Waals surface area contributed by atoms with Crippen LogP contribution in [0.3, 0.4) is 0 Å². The van der Waals surface area contributed by atoms with Gasteiger partial charge in [-0.25, -0.2) is 0 Å². The van der Waals surface area contributed by atoms with Crippen LogP contribution in [0.5, 0.6) is 0 Å². The van der Waals surface area contributed by atoms with Crippen molar-refractivity contribution in [3.8, 4) is 0 Å². The maximum atomic E-state index is 11.0. The van der Waals surface area contributed by atoms with Crippen LogP contribution in [0.2, 0.25) is 0 Å². The van der Waals surface area contributed by atoms with Gasteiger partial charge in [0.1, 0.15) is 0 Å². The molecule has 0 aromatic heterocycles. The zero-order chi connectivity index (χ0) is 10.3. The molecule has 0 fully saturated rings. The molecule has 5 heteroatoms. The molecule has 1 amide bonds. The molecule has 1 N–H and O–H groups in total. The van der Waals surface area contributed by atoms with Gasteiger partial charge in [-0.1, -0.05) is 0 Å². The number of amides is 1. The number of rotatable bonds is 5. The Morgan fingerprint density at radius 2 is 2.15 bits per heavy atom. The van der Waals surface area contributed by atoms with E-state index >= 15 is 0 Å². The molecular weight excluding hydrogens is 190 g/mol. The predicted molar refractivity (Wildman–Crippen MR) is 52.6 cm³/mol. The second-order valence-corrected chi connectivity index (χ2v) is 3.55. The Balaban J connectivity index is 3.67. The molecule has 0 saturated heterocycles. The molecular formula is C8H15NO3S. The van der Waals surface area contributed by atoms with Crippen molar-refractivity contribution in [3.63, 3.8) is 0 Å². The minimum Gasteiger partial charge on any atom is -0.469 e. The average molecular weight is 205 g/mol. The quantitative estimate of drug-likeness (QED) is 0.661. The summed E-state index contributed by atoms with van der Waals surface area (Å²) in [5, 5.41) is 2.69. The van der Waals surface area contributed by atoms with Crippen LogP contribution in [-0.4, -0.2) is 37.0 Å². The summed E-state index contributed by atoms with van der Waals surface area (Å²) in [4.78, 5) is 21.8. The van der Waals surface area contributed by atoms with Crippen LogP contribution in [0.25, 0.3) is 0 Å². The van der Waals surface area contributed by atoms with Gasteiger partial charge in [0.05, 0.1) is 19.3 Å². The molecule has 0 radical (unpaired) electrons. The summed E-state index contributed by atoms with van der Waals surface area (Å²) >= 11 is 1.45. The molecule has 0 aliphatic rings. The third-order valence-corrected chi connectivity index (χ3v) is 1.93. The maximum Gasteiger partial charge on any atom is 0.307 e. The summed E-state index contributed by atoms with van der Waals surface area (Å²) in [6.07, 6.45) is 2.07. The van der Waals surface area contributed by atoms with Crippen molar-refractivity contribution in [2.75, 3.05) is 19.1 Å². The molecule has 76 valence electrons. The number of ether oxygens (including phenoxy) is 1. The van der Waals surface area contributed by atoms with Gasteiger partial charge in [0.15, 0.2) is 0 Å². The van der Waals surface area contributed by atoms with E-state index in [0.717, 1.165) is 0 Å². The van der Waals surface area contributed by atoms with E-state index in [4.69, 9.17) is 0 Å². The topological polar surface area (TPSA) is 55.4 Å². The lowest BCUT2D eigenvalue weighted by Crippen LogP contribution is -2.35. The molecule has 0 aromatic rings. The van der Waals surface area contributed by atoms with Crippen molar-refractivity contribution in [3.05, 3.63) is 0 Å². The number of methoxy groups -OCH3 is 1. The smallest absolute Gasteiger partial charge is 0.307 e. The lowest BCUT2D eigenvalue weighted by molar-refractivity contribution is -0.141. The van der Waals surface area contributed by atoms with Gasteiger partial charge >= 0.3 is 5.97 Å². The fraction of sp³-hybridized carbons (Fsp3) is 0.750. The maximum absolute atomic E-state index is 11.0. The molecule has 13 heavy (non-hydrogen) atoms. The molecule has 1 atom stereocenters. The van der Waals surface area contributed by atoms with Crippen LogP contribution >= 0.6 is 11.8 Å². The number of nitrogens with one attached hydrogen (secondary N) is 1. The average Bonchev–Trinajstić information content (AvgIpc) is 2.04. The molecule has 0 rings (SSSR count). The van der Waals surface area contributed by atoms with Crippen LogP contribution in [0, 0.1) is 0 Å². The monoisotopic (exact) mass is 205 g/mol. The first kappa shape index (κ1) is 12.3. The molecule has 0 aliphatic carbocycles. The molecule has 0 spiro atoms. The minimum atomic E-state index is -0.308. The molecule has 1 unspecified atom stereocenters. The fourth-order valence-electron chi connectivity index (χ4n) is 0.832. The minimum absolute atomic E-state index is 0.0519. The second kappa shape index (κ2) is 6.77. The van der Waals surface area contributed by atoms with Crippen LogP contribution in [0.15, 0.2) is 0 Å². The van der Waals surface area contributed by atoms with E-state index in [2.05, 4.69) is 10.1 Å². The number of hydrogen-bond donors (Lipinski definition) is 1. The summed E-state index contributed by atoms with van der Waals surface area (Å²) in [7, 11) is 1.33. The van der Waals surface area contributed by atoms with Gasteiger partial charge in [-0.2, -0.15) is 11.8 Å². The third kappa shape index (κ3) is 6.45. The van der Waals surface area contributed by atoms with Crippen LogP contribution in [-0.2, 0) is 14.3 Å². The summed E-state index contributed by atoms with van der Waals surface area (Å²) < 4.78 is 4.47. The van der Waals surface area contributed by atoms with Crippen LogP contribution in [0.1, 0.15) is 13.3 Å².